The summed E-state index contributed by atoms with van der Waals surface area (Å²) >= 11 is 1.01. The van der Waals surface area contributed by atoms with E-state index in [9.17, 15) is 27.7 Å². The molecule has 44 heavy (non-hydrogen) atoms. The predicted octanol–water partition coefficient (Wildman–Crippen LogP) is 4.94. The number of rotatable bonds is 7. The number of nitrogens with one attached hydrogen (secondary N) is 2. The second-order valence-corrected chi connectivity index (χ2v) is 15.4. The second kappa shape index (κ2) is 12.0. The molecule has 1 saturated heterocycles. The van der Waals surface area contributed by atoms with Crippen LogP contribution in [0.5, 0.6) is 0 Å². The van der Waals surface area contributed by atoms with E-state index in [0.29, 0.717) is 24.1 Å². The highest BCUT2D eigenvalue weighted by Gasteiger charge is 2.50. The Morgan fingerprint density at radius 2 is 1.75 bits per heavy atom. The van der Waals surface area contributed by atoms with Gasteiger partial charge in [-0.05, 0) is 72.2 Å². The molecule has 13 heteroatoms. The van der Waals surface area contributed by atoms with Crippen LogP contribution < -0.4 is 10.6 Å². The third kappa shape index (κ3) is 6.44. The van der Waals surface area contributed by atoms with Crippen molar-refractivity contribution in [2.24, 2.45) is 5.41 Å². The van der Waals surface area contributed by atoms with Gasteiger partial charge >= 0.3 is 13.3 Å². The van der Waals surface area contributed by atoms with Crippen molar-refractivity contribution in [3.05, 3.63) is 70.1 Å². The summed E-state index contributed by atoms with van der Waals surface area (Å²) in [5.74, 6) is -1.17. The van der Waals surface area contributed by atoms with Crippen LogP contribution in [0.3, 0.4) is 0 Å². The first-order valence-electron chi connectivity index (χ1n) is 14.5. The van der Waals surface area contributed by atoms with E-state index in [4.69, 9.17) is 9.79 Å². The number of benzene rings is 2. The Morgan fingerprint density at radius 3 is 2.43 bits per heavy atom. The van der Waals surface area contributed by atoms with E-state index in [2.05, 4.69) is 22.8 Å². The molecule has 3 amide bonds. The number of likely N-dealkylation sites (tertiary alicyclic amines) is 1. The van der Waals surface area contributed by atoms with Crippen LogP contribution in [0.4, 0.5) is 8.78 Å². The molecule has 0 radical (unpaired) electrons. The molecule has 3 unspecified atom stereocenters. The number of hydrogen-bond donors (Lipinski definition) is 4. The summed E-state index contributed by atoms with van der Waals surface area (Å²) in [5, 5.41) is 6.17. The van der Waals surface area contributed by atoms with Gasteiger partial charge in [0.2, 0.25) is 11.8 Å². The summed E-state index contributed by atoms with van der Waals surface area (Å²) in [6.07, 6.45) is 3.59. The fourth-order valence-electron chi connectivity index (χ4n) is 5.95. The average Bonchev–Trinajstić information content (AvgIpc) is 3.61. The van der Waals surface area contributed by atoms with E-state index in [1.54, 1.807) is 4.90 Å². The van der Waals surface area contributed by atoms with Gasteiger partial charge in [-0.25, -0.2) is 0 Å². The van der Waals surface area contributed by atoms with Gasteiger partial charge in [0.15, 0.2) is 0 Å². The Hall–Kier alpha value is -3.18. The maximum Gasteiger partial charge on any atom is 0.399 e. The van der Waals surface area contributed by atoms with E-state index in [-0.39, 0.29) is 28.1 Å². The number of hydrogen-bond acceptors (Lipinski definition) is 5. The molecule has 9 nitrogen and oxygen atoms in total. The maximum absolute atomic E-state index is 14.3. The van der Waals surface area contributed by atoms with Crippen LogP contribution in [0.15, 0.2) is 48.5 Å². The molecule has 1 fully saturated rings. The Kier molecular flexibility index (Phi) is 8.76. The number of thiophene rings is 1. The number of amides is 3. The number of aryl methyl sites for hydroxylation is 1. The van der Waals surface area contributed by atoms with Gasteiger partial charge in [-0.2, -0.15) is 8.78 Å². The first kappa shape index (κ1) is 32.2. The van der Waals surface area contributed by atoms with Crippen molar-refractivity contribution < 1.29 is 37.5 Å². The average molecular weight is 648 g/mol. The van der Waals surface area contributed by atoms with Crippen molar-refractivity contribution in [2.45, 2.75) is 76.7 Å². The smallest absolute Gasteiger partial charge is 0.351 e. The lowest BCUT2D eigenvalue weighted by molar-refractivity contribution is -0.142. The van der Waals surface area contributed by atoms with E-state index < -0.39 is 42.2 Å². The summed E-state index contributed by atoms with van der Waals surface area (Å²) < 4.78 is 40.3. The molecule has 3 aromatic rings. The third-order valence-corrected chi connectivity index (χ3v) is 10.5. The summed E-state index contributed by atoms with van der Waals surface area (Å²) in [4.78, 5) is 60.6. The lowest BCUT2D eigenvalue weighted by Gasteiger charge is -2.36. The highest BCUT2D eigenvalue weighted by Crippen LogP contribution is 2.59. The van der Waals surface area contributed by atoms with E-state index in [1.165, 1.54) is 23.3 Å². The third-order valence-electron chi connectivity index (χ3n) is 8.37. The largest absolute Gasteiger partial charge is 0.399 e. The topological polar surface area (TPSA) is 136 Å². The molecule has 5 rings (SSSR count). The van der Waals surface area contributed by atoms with Gasteiger partial charge in [0.1, 0.15) is 12.1 Å². The lowest BCUT2D eigenvalue weighted by atomic mass is 9.85. The van der Waals surface area contributed by atoms with Gasteiger partial charge in [-0.1, -0.05) is 51.1 Å². The number of alkyl halides is 2. The summed E-state index contributed by atoms with van der Waals surface area (Å²) in [7, 11) is -5.76. The van der Waals surface area contributed by atoms with Gasteiger partial charge in [0.25, 0.3) is 5.91 Å². The highest BCUT2D eigenvalue weighted by molar-refractivity contribution is 7.52. The van der Waals surface area contributed by atoms with Gasteiger partial charge in [-0.3, -0.25) is 18.9 Å². The Morgan fingerprint density at radius 1 is 1.05 bits per heavy atom. The quantitative estimate of drug-likeness (QED) is 0.269. The molecule has 1 aromatic heterocycles. The minimum absolute atomic E-state index is 0.0248. The standard InChI is InChI=1S/C31H36F2N3O6PS/c1-30(2,3)26(35-28(38)25-17-20-15-21(11-13-24(20)44-25)31(32,33)43(40,41)42)29(39)36-14-6-9-23(36)27(37)34-22-12-10-18-7-4-5-8-19(18)16-22/h4-5,7-8,11,13,15,17,22-23,26H,6,9-10,12,14,16H2,1-3H3,(H,34,37)(H,35,38)(H2,40,41,42). The normalized spacial score (nSPS) is 19.8. The molecule has 1 aliphatic carbocycles. The number of fused-ring (bicyclic) bond motifs is 2. The van der Waals surface area contributed by atoms with E-state index >= 15 is 0 Å². The molecular formula is C31H36F2N3O6PS. The van der Waals surface area contributed by atoms with Crippen molar-refractivity contribution in [3.63, 3.8) is 0 Å². The number of halogens is 2. The Labute approximate surface area is 258 Å². The fraction of sp³-hybridized carbons (Fsp3) is 0.452. The zero-order valence-electron chi connectivity index (χ0n) is 24.7. The van der Waals surface area contributed by atoms with Crippen LogP contribution in [-0.2, 0) is 32.7 Å². The molecule has 0 spiro atoms. The van der Waals surface area contributed by atoms with Crippen molar-refractivity contribution in [3.8, 4) is 0 Å². The number of nitrogens with zero attached hydrogens (tertiary/aromatic N) is 1. The Bertz CT molecular complexity index is 1650. The zero-order chi connectivity index (χ0) is 32.0. The molecule has 4 N–H and O–H groups in total. The minimum atomic E-state index is -5.76. The maximum atomic E-state index is 14.3. The second-order valence-electron chi connectivity index (χ2n) is 12.6. The highest BCUT2D eigenvalue weighted by atomic mass is 32.1. The SMILES string of the molecule is CC(C)(C)C(NC(=O)c1cc2cc(C(F)(F)P(=O)(O)O)ccc2s1)C(=O)N1CCCC1C(=O)NC1CCc2ccccc2C1. The summed E-state index contributed by atoms with van der Waals surface area (Å²) in [6.45, 7) is 5.80. The molecule has 3 atom stereocenters. The van der Waals surface area contributed by atoms with Crippen LogP contribution in [0, 0.1) is 5.41 Å². The number of carbonyl (C=O) groups is 3. The minimum Gasteiger partial charge on any atom is -0.351 e. The molecular weight excluding hydrogens is 611 g/mol. The monoisotopic (exact) mass is 647 g/mol. The first-order chi connectivity index (χ1) is 20.6. The molecule has 0 saturated carbocycles. The lowest BCUT2D eigenvalue weighted by Crippen LogP contribution is -2.58. The summed E-state index contributed by atoms with van der Waals surface area (Å²) in [6, 6.07) is 11.0. The summed E-state index contributed by atoms with van der Waals surface area (Å²) in [5.41, 5.74) is -3.46. The Balaban J connectivity index is 1.30. The van der Waals surface area contributed by atoms with Gasteiger partial charge in [-0.15, -0.1) is 11.3 Å². The van der Waals surface area contributed by atoms with Crippen LogP contribution >= 0.6 is 18.9 Å². The van der Waals surface area contributed by atoms with Crippen molar-refractivity contribution >= 4 is 46.7 Å². The molecule has 2 aromatic carbocycles. The van der Waals surface area contributed by atoms with E-state index in [1.807, 2.05) is 32.9 Å². The molecule has 236 valence electrons. The molecule has 1 aliphatic heterocycles. The van der Waals surface area contributed by atoms with Crippen LogP contribution in [0.1, 0.15) is 66.4 Å². The van der Waals surface area contributed by atoms with Crippen LogP contribution in [0.2, 0.25) is 0 Å². The molecule has 0 bridgehead atoms. The van der Waals surface area contributed by atoms with E-state index in [0.717, 1.165) is 42.7 Å². The van der Waals surface area contributed by atoms with Crippen molar-refractivity contribution in [1.29, 1.82) is 0 Å². The first-order valence-corrected chi connectivity index (χ1v) is 16.9. The van der Waals surface area contributed by atoms with Crippen molar-refractivity contribution in [1.82, 2.24) is 15.5 Å². The predicted molar refractivity (Wildman–Crippen MR) is 164 cm³/mol. The molecule has 2 aliphatic rings. The fourth-order valence-corrected chi connectivity index (χ4v) is 7.37. The van der Waals surface area contributed by atoms with Gasteiger partial charge in [0, 0.05) is 22.8 Å². The van der Waals surface area contributed by atoms with Crippen LogP contribution in [-0.4, -0.2) is 57.1 Å². The molecule has 2 heterocycles. The van der Waals surface area contributed by atoms with Gasteiger partial charge in [0.05, 0.1) is 4.88 Å². The number of carbonyl (C=O) groups excluding carboxylic acids is 3. The van der Waals surface area contributed by atoms with Crippen molar-refractivity contribution in [2.75, 3.05) is 6.54 Å². The van der Waals surface area contributed by atoms with Crippen LogP contribution in [0.25, 0.3) is 10.1 Å². The zero-order valence-corrected chi connectivity index (χ0v) is 26.4. The van der Waals surface area contributed by atoms with Gasteiger partial charge < -0.3 is 25.3 Å².